The lowest BCUT2D eigenvalue weighted by Crippen LogP contribution is -2.39. The van der Waals surface area contributed by atoms with Gasteiger partial charge in [-0.15, -0.1) is 5.01 Å². The zero-order chi connectivity index (χ0) is 20.0. The molecule has 1 unspecified atom stereocenters. The Bertz CT molecular complexity index is 716. The first-order valence-electron chi connectivity index (χ1n) is 8.56. The predicted molar refractivity (Wildman–Crippen MR) is 92.3 cm³/mol. The van der Waals surface area contributed by atoms with E-state index >= 15 is 0 Å². The van der Waals surface area contributed by atoms with Crippen LogP contribution in [-0.2, 0) is 9.63 Å². The van der Waals surface area contributed by atoms with E-state index in [1.54, 1.807) is 24.3 Å². The van der Waals surface area contributed by atoms with Crippen LogP contribution in [-0.4, -0.2) is 57.6 Å². The van der Waals surface area contributed by atoms with E-state index in [4.69, 9.17) is 9.94 Å². The Morgan fingerprint density at radius 1 is 1.26 bits per heavy atom. The van der Waals surface area contributed by atoms with Gasteiger partial charge in [0.25, 0.3) is 11.8 Å². The normalized spacial score (nSPS) is 14.9. The maximum Gasteiger partial charge on any atom is 0.303 e. The fourth-order valence-electron chi connectivity index (χ4n) is 2.64. The molecule has 0 saturated carbocycles. The van der Waals surface area contributed by atoms with Crippen LogP contribution in [0.2, 0.25) is 0 Å². The molecule has 1 atom stereocenters. The monoisotopic (exact) mass is 378 g/mol. The summed E-state index contributed by atoms with van der Waals surface area (Å²) in [5, 5.41) is 25.1. The van der Waals surface area contributed by atoms with Crippen LogP contribution in [0.5, 0.6) is 0 Å². The molecule has 0 fully saturated rings. The average Bonchev–Trinajstić information content (AvgIpc) is 2.90. The van der Waals surface area contributed by atoms with Gasteiger partial charge < -0.3 is 15.2 Å². The molecule has 2 amide bonds. The standard InChI is InChI=1S/C17H22N4O6/c1-12(20-16(24)13-8-5-6-9-14(13)17(20)25)27-18-21(26)19(2)11-7-3-4-10-15(22)23/h5-6,8-9,12H,3-4,7,10-11H2,1-2H3,(H,22,23)/b21-18+. The van der Waals surface area contributed by atoms with Gasteiger partial charge in [0, 0.05) is 6.42 Å². The number of imide groups is 1. The van der Waals surface area contributed by atoms with Crippen LogP contribution in [0.1, 0.15) is 53.3 Å². The van der Waals surface area contributed by atoms with E-state index in [0.717, 1.165) is 4.90 Å². The SMILES string of the molecule is CC(O/N=[N+](/[O-])N(C)CCCCCC(=O)O)N1C(=O)c2ccccc2C1=O. The van der Waals surface area contributed by atoms with Gasteiger partial charge in [-0.25, -0.2) is 4.90 Å². The van der Waals surface area contributed by atoms with Crippen molar-refractivity contribution >= 4 is 17.8 Å². The first kappa shape index (κ1) is 20.1. The van der Waals surface area contributed by atoms with Crippen molar-refractivity contribution in [3.05, 3.63) is 40.6 Å². The highest BCUT2D eigenvalue weighted by Gasteiger charge is 2.39. The van der Waals surface area contributed by atoms with Gasteiger partial charge in [-0.3, -0.25) is 14.4 Å². The molecule has 0 radical (unpaired) electrons. The molecule has 0 aliphatic carbocycles. The predicted octanol–water partition coefficient (Wildman–Crippen LogP) is 2.01. The molecular weight excluding hydrogens is 356 g/mol. The third kappa shape index (κ3) is 4.93. The number of carboxylic acids is 1. The van der Waals surface area contributed by atoms with Gasteiger partial charge in [0.2, 0.25) is 11.5 Å². The topological polar surface area (TPSA) is 126 Å². The minimum Gasteiger partial charge on any atom is -0.569 e. The highest BCUT2D eigenvalue weighted by molar-refractivity contribution is 6.21. The first-order valence-corrected chi connectivity index (χ1v) is 8.56. The summed E-state index contributed by atoms with van der Waals surface area (Å²) in [6.45, 7) is 1.81. The minimum absolute atomic E-state index is 0.0933. The molecule has 0 saturated heterocycles. The van der Waals surface area contributed by atoms with E-state index in [9.17, 15) is 19.6 Å². The Kier molecular flexibility index (Phi) is 6.69. The van der Waals surface area contributed by atoms with E-state index < -0.39 is 24.0 Å². The lowest BCUT2D eigenvalue weighted by molar-refractivity contribution is -0.707. The van der Waals surface area contributed by atoms with Crippen LogP contribution >= 0.6 is 0 Å². The Hall–Kier alpha value is -3.17. The molecule has 0 spiro atoms. The Balaban J connectivity index is 1.85. The number of carbonyl (C=O) groups excluding carboxylic acids is 2. The number of fused-ring (bicyclic) bond motifs is 1. The van der Waals surface area contributed by atoms with Crippen molar-refractivity contribution in [2.24, 2.45) is 5.28 Å². The van der Waals surface area contributed by atoms with Gasteiger partial charge in [-0.05, 0) is 31.9 Å². The summed E-state index contributed by atoms with van der Waals surface area (Å²) in [6.07, 6.45) is 0.864. The number of aliphatic carboxylic acids is 1. The molecule has 0 bridgehead atoms. The van der Waals surface area contributed by atoms with Crippen LogP contribution in [0.15, 0.2) is 29.5 Å². The van der Waals surface area contributed by atoms with Crippen molar-refractivity contribution in [1.29, 1.82) is 0 Å². The van der Waals surface area contributed by atoms with Crippen molar-refractivity contribution < 1.29 is 29.3 Å². The summed E-state index contributed by atoms with van der Waals surface area (Å²) in [5.41, 5.74) is 0.575. The molecule has 10 heteroatoms. The van der Waals surface area contributed by atoms with E-state index in [1.165, 1.54) is 19.0 Å². The fraction of sp³-hybridized carbons (Fsp3) is 0.471. The third-order valence-corrected chi connectivity index (χ3v) is 4.12. The molecule has 146 valence electrons. The smallest absolute Gasteiger partial charge is 0.303 e. The van der Waals surface area contributed by atoms with Crippen molar-refractivity contribution in [2.75, 3.05) is 13.6 Å². The third-order valence-electron chi connectivity index (χ3n) is 4.12. The summed E-state index contributed by atoms with van der Waals surface area (Å²) < 4.78 is 0. The number of hydrogen-bond acceptors (Lipinski definition) is 6. The van der Waals surface area contributed by atoms with Crippen LogP contribution in [0, 0.1) is 5.21 Å². The lowest BCUT2D eigenvalue weighted by Gasteiger charge is -2.19. The zero-order valence-corrected chi connectivity index (χ0v) is 15.2. The molecule has 1 heterocycles. The molecule has 1 aromatic rings. The fourth-order valence-corrected chi connectivity index (χ4v) is 2.64. The highest BCUT2D eigenvalue weighted by Crippen LogP contribution is 2.24. The Labute approximate surface area is 156 Å². The van der Waals surface area contributed by atoms with E-state index in [1.807, 2.05) is 0 Å². The second kappa shape index (κ2) is 8.97. The first-order chi connectivity index (χ1) is 12.8. The number of unbranched alkanes of at least 4 members (excludes halogenated alkanes) is 2. The molecular formula is C17H22N4O6. The van der Waals surface area contributed by atoms with Crippen LogP contribution in [0.3, 0.4) is 0 Å². The molecule has 1 aliphatic heterocycles. The number of benzene rings is 1. The van der Waals surface area contributed by atoms with Crippen LogP contribution < -0.4 is 0 Å². The quantitative estimate of drug-likeness (QED) is 0.217. The van der Waals surface area contributed by atoms with E-state index in [-0.39, 0.29) is 22.5 Å². The molecule has 1 N–H and O–H groups in total. The van der Waals surface area contributed by atoms with Gasteiger partial charge in [-0.1, -0.05) is 18.6 Å². The van der Waals surface area contributed by atoms with Gasteiger partial charge >= 0.3 is 5.97 Å². The molecule has 1 aromatic carbocycles. The number of carboxylic acid groups (broad SMARTS) is 1. The number of hydrazine groups is 1. The van der Waals surface area contributed by atoms with Gasteiger partial charge in [0.1, 0.15) is 0 Å². The zero-order valence-electron chi connectivity index (χ0n) is 15.2. The van der Waals surface area contributed by atoms with Crippen molar-refractivity contribution in [2.45, 2.75) is 38.8 Å². The van der Waals surface area contributed by atoms with E-state index in [2.05, 4.69) is 5.28 Å². The van der Waals surface area contributed by atoms with Crippen molar-refractivity contribution in [3.8, 4) is 0 Å². The highest BCUT2D eigenvalue weighted by atomic mass is 16.7. The summed E-state index contributed by atoms with van der Waals surface area (Å²) in [6, 6.07) is 6.43. The van der Waals surface area contributed by atoms with Gasteiger partial charge in [0.05, 0.1) is 29.7 Å². The van der Waals surface area contributed by atoms with Crippen molar-refractivity contribution in [3.63, 3.8) is 0 Å². The van der Waals surface area contributed by atoms with Crippen LogP contribution in [0.25, 0.3) is 0 Å². The summed E-state index contributed by atoms with van der Waals surface area (Å²) >= 11 is 0. The molecule has 0 aromatic heterocycles. The second-order valence-corrected chi connectivity index (χ2v) is 6.15. The Morgan fingerprint density at radius 2 is 1.85 bits per heavy atom. The maximum atomic E-state index is 12.3. The number of carbonyl (C=O) groups is 3. The average molecular weight is 378 g/mol. The number of nitrogens with zero attached hydrogens (tertiary/aromatic N) is 4. The van der Waals surface area contributed by atoms with Crippen LogP contribution in [0.4, 0.5) is 0 Å². The summed E-state index contributed by atoms with van der Waals surface area (Å²) in [4.78, 5) is 41.2. The molecule has 2 rings (SSSR count). The molecule has 27 heavy (non-hydrogen) atoms. The largest absolute Gasteiger partial charge is 0.569 e. The Morgan fingerprint density at radius 3 is 2.41 bits per heavy atom. The summed E-state index contributed by atoms with van der Waals surface area (Å²) in [7, 11) is 1.50. The molecule has 1 aliphatic rings. The van der Waals surface area contributed by atoms with Gasteiger partial charge in [-0.2, -0.15) is 0 Å². The molecule has 10 nitrogen and oxygen atoms in total. The van der Waals surface area contributed by atoms with E-state index in [0.29, 0.717) is 25.8 Å². The minimum atomic E-state index is -1.04. The second-order valence-electron chi connectivity index (χ2n) is 6.15. The maximum absolute atomic E-state index is 12.3. The van der Waals surface area contributed by atoms with Crippen molar-refractivity contribution in [1.82, 2.24) is 9.91 Å². The van der Waals surface area contributed by atoms with Gasteiger partial charge in [0.15, 0.2) is 0 Å². The lowest BCUT2D eigenvalue weighted by atomic mass is 10.1. The number of amides is 2. The summed E-state index contributed by atoms with van der Waals surface area (Å²) in [5.74, 6) is -1.84. The number of rotatable bonds is 10. The number of hydrogen-bond donors (Lipinski definition) is 1.